The lowest BCUT2D eigenvalue weighted by atomic mass is 10.2. The van der Waals surface area contributed by atoms with Crippen molar-refractivity contribution in [3.05, 3.63) is 10.9 Å². The Balaban J connectivity index is 2.61. The molecule has 2 unspecified atom stereocenters. The number of terminal acetylenes is 1. The van der Waals surface area contributed by atoms with Gasteiger partial charge in [0, 0.05) is 17.0 Å². The SMILES string of the molecule is C#CC(C)NC(C)c1cc(OC)ns1. The Morgan fingerprint density at radius 1 is 1.64 bits per heavy atom. The van der Waals surface area contributed by atoms with Gasteiger partial charge in [0.15, 0.2) is 0 Å². The van der Waals surface area contributed by atoms with Crippen LogP contribution in [0.1, 0.15) is 24.8 Å². The maximum Gasteiger partial charge on any atom is 0.225 e. The van der Waals surface area contributed by atoms with E-state index < -0.39 is 0 Å². The van der Waals surface area contributed by atoms with Crippen LogP contribution in [0, 0.1) is 12.3 Å². The Morgan fingerprint density at radius 3 is 2.86 bits per heavy atom. The Labute approximate surface area is 88.6 Å². The van der Waals surface area contributed by atoms with Crippen LogP contribution in [0.2, 0.25) is 0 Å². The zero-order valence-corrected chi connectivity index (χ0v) is 9.39. The number of ether oxygens (including phenoxy) is 1. The summed E-state index contributed by atoms with van der Waals surface area (Å²) in [4.78, 5) is 1.13. The summed E-state index contributed by atoms with van der Waals surface area (Å²) in [7, 11) is 1.61. The van der Waals surface area contributed by atoms with Gasteiger partial charge in [-0.2, -0.15) is 4.37 Å². The van der Waals surface area contributed by atoms with Gasteiger partial charge in [-0.15, -0.1) is 6.42 Å². The predicted molar refractivity (Wildman–Crippen MR) is 58.5 cm³/mol. The molecule has 0 bridgehead atoms. The minimum Gasteiger partial charge on any atom is -0.480 e. The smallest absolute Gasteiger partial charge is 0.225 e. The molecule has 14 heavy (non-hydrogen) atoms. The summed E-state index contributed by atoms with van der Waals surface area (Å²) in [5, 5.41) is 3.26. The molecule has 0 amide bonds. The van der Waals surface area contributed by atoms with E-state index in [1.165, 1.54) is 11.5 Å². The number of hydrogen-bond acceptors (Lipinski definition) is 4. The number of hydrogen-bond donors (Lipinski definition) is 1. The molecular weight excluding hydrogens is 196 g/mol. The highest BCUT2D eigenvalue weighted by molar-refractivity contribution is 7.06. The average molecular weight is 210 g/mol. The third-order valence-electron chi connectivity index (χ3n) is 1.89. The number of methoxy groups -OCH3 is 1. The van der Waals surface area contributed by atoms with Gasteiger partial charge in [-0.3, -0.25) is 5.32 Å². The lowest BCUT2D eigenvalue weighted by Crippen LogP contribution is -2.26. The number of nitrogens with zero attached hydrogens (tertiary/aromatic N) is 1. The fourth-order valence-electron chi connectivity index (χ4n) is 1.08. The van der Waals surface area contributed by atoms with Gasteiger partial charge in [0.25, 0.3) is 0 Å². The van der Waals surface area contributed by atoms with Crippen molar-refractivity contribution in [2.24, 2.45) is 0 Å². The van der Waals surface area contributed by atoms with Crippen LogP contribution in [0.15, 0.2) is 6.07 Å². The van der Waals surface area contributed by atoms with Crippen LogP contribution in [-0.2, 0) is 0 Å². The summed E-state index contributed by atoms with van der Waals surface area (Å²) in [5.41, 5.74) is 0. The summed E-state index contributed by atoms with van der Waals surface area (Å²) >= 11 is 1.43. The molecule has 0 spiro atoms. The van der Waals surface area contributed by atoms with Crippen LogP contribution in [0.5, 0.6) is 5.88 Å². The second-order valence-electron chi connectivity index (χ2n) is 3.05. The summed E-state index contributed by atoms with van der Waals surface area (Å²) in [6, 6.07) is 2.20. The predicted octanol–water partition coefficient (Wildman–Crippen LogP) is 1.82. The maximum atomic E-state index is 5.28. The number of aromatic nitrogens is 1. The van der Waals surface area contributed by atoms with Crippen LogP contribution < -0.4 is 10.1 Å². The van der Waals surface area contributed by atoms with Gasteiger partial charge in [-0.25, -0.2) is 0 Å². The fraction of sp³-hybridized carbons (Fsp3) is 0.500. The van der Waals surface area contributed by atoms with Crippen LogP contribution in [-0.4, -0.2) is 17.5 Å². The summed E-state index contributed by atoms with van der Waals surface area (Å²) in [6.07, 6.45) is 5.28. The maximum absolute atomic E-state index is 5.28. The van der Waals surface area contributed by atoms with Crippen LogP contribution in [0.4, 0.5) is 0 Å². The van der Waals surface area contributed by atoms with Gasteiger partial charge in [0.1, 0.15) is 0 Å². The molecule has 76 valence electrons. The van der Waals surface area contributed by atoms with E-state index in [1.807, 2.05) is 13.0 Å². The molecule has 1 N–H and O–H groups in total. The molecule has 4 heteroatoms. The third kappa shape index (κ3) is 2.72. The molecule has 0 saturated heterocycles. The Hall–Kier alpha value is -1.05. The molecule has 1 rings (SSSR count). The largest absolute Gasteiger partial charge is 0.480 e. The summed E-state index contributed by atoms with van der Waals surface area (Å²) < 4.78 is 9.12. The fourth-order valence-corrected chi connectivity index (χ4v) is 1.78. The van der Waals surface area contributed by atoms with Crippen molar-refractivity contribution in [2.45, 2.75) is 25.9 Å². The first kappa shape index (κ1) is 11.0. The van der Waals surface area contributed by atoms with E-state index in [2.05, 4.69) is 22.5 Å². The highest BCUT2D eigenvalue weighted by Gasteiger charge is 2.11. The van der Waals surface area contributed by atoms with Crippen molar-refractivity contribution in [3.8, 4) is 18.2 Å². The molecular formula is C10H14N2OS. The summed E-state index contributed by atoms with van der Waals surface area (Å²) in [6.45, 7) is 4.01. The minimum atomic E-state index is 0.0677. The molecule has 1 heterocycles. The molecule has 0 aliphatic carbocycles. The molecule has 2 atom stereocenters. The van der Waals surface area contributed by atoms with E-state index in [4.69, 9.17) is 11.2 Å². The Kier molecular flexibility index (Phi) is 3.93. The highest BCUT2D eigenvalue weighted by Crippen LogP contribution is 2.22. The van der Waals surface area contributed by atoms with E-state index in [0.717, 1.165) is 4.88 Å². The molecule has 0 aromatic carbocycles. The van der Waals surface area contributed by atoms with Gasteiger partial charge in [-0.1, -0.05) is 5.92 Å². The van der Waals surface area contributed by atoms with Gasteiger partial charge >= 0.3 is 0 Å². The molecule has 0 fully saturated rings. The first-order chi connectivity index (χ1) is 6.67. The van der Waals surface area contributed by atoms with Gasteiger partial charge in [-0.05, 0) is 25.4 Å². The number of rotatable bonds is 4. The number of nitrogens with one attached hydrogen (secondary N) is 1. The molecule has 3 nitrogen and oxygen atoms in total. The molecule has 1 aromatic heterocycles. The second kappa shape index (κ2) is 4.99. The second-order valence-corrected chi connectivity index (χ2v) is 3.88. The minimum absolute atomic E-state index is 0.0677. The van der Waals surface area contributed by atoms with Crippen LogP contribution in [0.3, 0.4) is 0 Å². The molecule has 0 aliphatic rings. The van der Waals surface area contributed by atoms with Crippen molar-refractivity contribution in [1.29, 1.82) is 0 Å². The highest BCUT2D eigenvalue weighted by atomic mass is 32.1. The topological polar surface area (TPSA) is 34.1 Å². The van der Waals surface area contributed by atoms with Crippen LogP contribution >= 0.6 is 11.5 Å². The molecule has 0 saturated carbocycles. The van der Waals surface area contributed by atoms with E-state index >= 15 is 0 Å². The van der Waals surface area contributed by atoms with E-state index in [0.29, 0.717) is 5.88 Å². The van der Waals surface area contributed by atoms with E-state index in [1.54, 1.807) is 7.11 Å². The van der Waals surface area contributed by atoms with Gasteiger partial charge < -0.3 is 4.74 Å². The normalized spacial score (nSPS) is 14.4. The first-order valence-electron chi connectivity index (χ1n) is 4.40. The monoisotopic (exact) mass is 210 g/mol. The quantitative estimate of drug-likeness (QED) is 0.770. The standard InChI is InChI=1S/C10H14N2OS/c1-5-7(2)11-8(3)9-6-10(13-4)12-14-9/h1,6-8,11H,2-4H3. The van der Waals surface area contributed by atoms with Crippen molar-refractivity contribution in [1.82, 2.24) is 9.69 Å². The third-order valence-corrected chi connectivity index (χ3v) is 2.85. The zero-order valence-electron chi connectivity index (χ0n) is 8.57. The molecule has 1 aromatic rings. The van der Waals surface area contributed by atoms with Crippen molar-refractivity contribution >= 4 is 11.5 Å². The van der Waals surface area contributed by atoms with Crippen LogP contribution in [0.25, 0.3) is 0 Å². The van der Waals surface area contributed by atoms with Crippen molar-refractivity contribution in [3.63, 3.8) is 0 Å². The Bertz CT molecular complexity index is 329. The lowest BCUT2D eigenvalue weighted by Gasteiger charge is -2.13. The van der Waals surface area contributed by atoms with Crippen molar-refractivity contribution in [2.75, 3.05) is 7.11 Å². The average Bonchev–Trinajstić information content (AvgIpc) is 2.65. The van der Waals surface area contributed by atoms with Gasteiger partial charge in [0.2, 0.25) is 5.88 Å². The van der Waals surface area contributed by atoms with Crippen molar-refractivity contribution < 1.29 is 4.74 Å². The van der Waals surface area contributed by atoms with Gasteiger partial charge in [0.05, 0.1) is 13.2 Å². The van der Waals surface area contributed by atoms with E-state index in [-0.39, 0.29) is 12.1 Å². The lowest BCUT2D eigenvalue weighted by molar-refractivity contribution is 0.402. The Morgan fingerprint density at radius 2 is 2.36 bits per heavy atom. The molecule has 0 radical (unpaired) electrons. The first-order valence-corrected chi connectivity index (χ1v) is 5.17. The molecule has 0 aliphatic heterocycles. The van der Waals surface area contributed by atoms with E-state index in [9.17, 15) is 0 Å². The zero-order chi connectivity index (χ0) is 10.6. The summed E-state index contributed by atoms with van der Waals surface area (Å²) in [5.74, 6) is 3.29.